The Labute approximate surface area is 169 Å². The highest BCUT2D eigenvalue weighted by atomic mass is 16.6. The molecule has 2 aromatic rings. The van der Waals surface area contributed by atoms with E-state index in [-0.39, 0.29) is 19.1 Å². The Hall–Kier alpha value is -3.46. The number of nitrogens with one attached hydrogen (secondary N) is 3. The van der Waals surface area contributed by atoms with Gasteiger partial charge in [0.15, 0.2) is 0 Å². The minimum Gasteiger partial charge on any atom is -0.497 e. The maximum atomic E-state index is 12.2. The van der Waals surface area contributed by atoms with E-state index < -0.39 is 6.09 Å². The van der Waals surface area contributed by atoms with Crippen molar-refractivity contribution in [3.63, 3.8) is 0 Å². The molecule has 9 heteroatoms. The van der Waals surface area contributed by atoms with Gasteiger partial charge in [0.2, 0.25) is 5.91 Å². The van der Waals surface area contributed by atoms with Gasteiger partial charge in [-0.1, -0.05) is 6.07 Å². The average molecular weight is 403 g/mol. The smallest absolute Gasteiger partial charge is 0.411 e. The highest BCUT2D eigenvalue weighted by molar-refractivity contribution is 5.94. The quantitative estimate of drug-likeness (QED) is 0.524. The third-order valence-corrected chi connectivity index (χ3v) is 3.72. The molecule has 0 fully saturated rings. The molecule has 0 saturated heterocycles. The minimum absolute atomic E-state index is 0.0290. The number of carbonyl (C=O) groups excluding carboxylic acids is 2. The molecule has 0 aliphatic carbocycles. The van der Waals surface area contributed by atoms with Gasteiger partial charge >= 0.3 is 6.09 Å². The van der Waals surface area contributed by atoms with E-state index in [4.69, 9.17) is 18.9 Å². The summed E-state index contributed by atoms with van der Waals surface area (Å²) in [6.07, 6.45) is -0.580. The standard InChI is InChI=1S/C20H25N3O6/c1-26-7-8-29-20(25)23-15-6-4-5-14(9-15)21-13-19(24)22-16-10-17(27-2)12-18(11-16)28-3/h4-6,9-12,21H,7-8,13H2,1-3H3,(H,22,24)(H,23,25). The van der Waals surface area contributed by atoms with Crippen LogP contribution in [0, 0.1) is 0 Å². The number of ether oxygens (including phenoxy) is 4. The highest BCUT2D eigenvalue weighted by Crippen LogP contribution is 2.25. The van der Waals surface area contributed by atoms with Gasteiger partial charge < -0.3 is 29.6 Å². The summed E-state index contributed by atoms with van der Waals surface area (Å²) in [6.45, 7) is 0.514. The number of hydrogen-bond acceptors (Lipinski definition) is 7. The second kappa shape index (κ2) is 11.4. The van der Waals surface area contributed by atoms with Crippen molar-refractivity contribution in [2.75, 3.05) is 57.0 Å². The van der Waals surface area contributed by atoms with Gasteiger partial charge in [0.1, 0.15) is 18.1 Å². The van der Waals surface area contributed by atoms with Gasteiger partial charge in [-0.2, -0.15) is 0 Å². The van der Waals surface area contributed by atoms with E-state index in [1.807, 2.05) is 0 Å². The van der Waals surface area contributed by atoms with E-state index in [2.05, 4.69) is 16.0 Å². The fourth-order valence-electron chi connectivity index (χ4n) is 2.35. The number of rotatable bonds is 10. The van der Waals surface area contributed by atoms with Crippen molar-refractivity contribution in [3.8, 4) is 11.5 Å². The molecule has 0 aliphatic rings. The summed E-state index contributed by atoms with van der Waals surface area (Å²) in [5.41, 5.74) is 1.76. The molecule has 29 heavy (non-hydrogen) atoms. The molecular formula is C20H25N3O6. The molecule has 2 rings (SSSR count). The first-order valence-electron chi connectivity index (χ1n) is 8.83. The first-order valence-corrected chi connectivity index (χ1v) is 8.83. The van der Waals surface area contributed by atoms with Crippen LogP contribution in [0.5, 0.6) is 11.5 Å². The molecule has 0 saturated carbocycles. The summed E-state index contributed by atoms with van der Waals surface area (Å²) in [6, 6.07) is 12.0. The molecule has 2 aromatic carbocycles. The number of carbonyl (C=O) groups is 2. The van der Waals surface area contributed by atoms with Gasteiger partial charge in [0.25, 0.3) is 0 Å². The molecule has 2 amide bonds. The van der Waals surface area contributed by atoms with Gasteiger partial charge in [-0.25, -0.2) is 4.79 Å². The number of benzene rings is 2. The molecule has 0 aliphatic heterocycles. The summed E-state index contributed by atoms with van der Waals surface area (Å²) in [4.78, 5) is 23.9. The van der Waals surface area contributed by atoms with Crippen LogP contribution < -0.4 is 25.4 Å². The zero-order valence-corrected chi connectivity index (χ0v) is 16.6. The van der Waals surface area contributed by atoms with Crippen LogP contribution in [-0.4, -0.2) is 53.1 Å². The largest absolute Gasteiger partial charge is 0.497 e. The Morgan fingerprint density at radius 1 is 0.828 bits per heavy atom. The van der Waals surface area contributed by atoms with Crippen LogP contribution in [0.1, 0.15) is 0 Å². The summed E-state index contributed by atoms with van der Waals surface area (Å²) in [7, 11) is 4.60. The number of hydrogen-bond donors (Lipinski definition) is 3. The normalized spacial score (nSPS) is 10.0. The lowest BCUT2D eigenvalue weighted by molar-refractivity contribution is -0.114. The first-order chi connectivity index (χ1) is 14.0. The Morgan fingerprint density at radius 2 is 1.52 bits per heavy atom. The van der Waals surface area contributed by atoms with E-state index in [1.54, 1.807) is 42.5 Å². The number of methoxy groups -OCH3 is 3. The fourth-order valence-corrected chi connectivity index (χ4v) is 2.35. The zero-order chi connectivity index (χ0) is 21.1. The van der Waals surface area contributed by atoms with Crippen LogP contribution in [0.2, 0.25) is 0 Å². The lowest BCUT2D eigenvalue weighted by Gasteiger charge is -2.12. The molecule has 156 valence electrons. The monoisotopic (exact) mass is 403 g/mol. The Morgan fingerprint density at radius 3 is 2.17 bits per heavy atom. The Kier molecular flexibility index (Phi) is 8.58. The Bertz CT molecular complexity index is 805. The topological polar surface area (TPSA) is 107 Å². The molecule has 0 heterocycles. The van der Waals surface area contributed by atoms with E-state index in [0.717, 1.165) is 0 Å². The maximum absolute atomic E-state index is 12.2. The van der Waals surface area contributed by atoms with Crippen molar-refractivity contribution in [1.29, 1.82) is 0 Å². The molecule has 3 N–H and O–H groups in total. The molecule has 0 atom stereocenters. The third-order valence-electron chi connectivity index (χ3n) is 3.72. The lowest BCUT2D eigenvalue weighted by Crippen LogP contribution is -2.22. The van der Waals surface area contributed by atoms with Crippen molar-refractivity contribution in [3.05, 3.63) is 42.5 Å². The molecule has 0 spiro atoms. The van der Waals surface area contributed by atoms with Crippen LogP contribution in [0.4, 0.5) is 21.9 Å². The summed E-state index contributed by atoms with van der Waals surface area (Å²) >= 11 is 0. The van der Waals surface area contributed by atoms with Gasteiger partial charge in [-0.05, 0) is 18.2 Å². The Balaban J connectivity index is 1.88. The molecule has 0 unspecified atom stereocenters. The van der Waals surface area contributed by atoms with E-state index >= 15 is 0 Å². The number of anilines is 3. The van der Waals surface area contributed by atoms with E-state index in [0.29, 0.717) is 35.2 Å². The molecule has 0 bridgehead atoms. The van der Waals surface area contributed by atoms with Gasteiger partial charge in [-0.15, -0.1) is 0 Å². The zero-order valence-electron chi connectivity index (χ0n) is 16.6. The van der Waals surface area contributed by atoms with Crippen LogP contribution >= 0.6 is 0 Å². The van der Waals surface area contributed by atoms with Gasteiger partial charge in [0, 0.05) is 42.4 Å². The van der Waals surface area contributed by atoms with Crippen molar-refractivity contribution in [1.82, 2.24) is 0 Å². The van der Waals surface area contributed by atoms with E-state index in [9.17, 15) is 9.59 Å². The predicted octanol–water partition coefficient (Wildman–Crippen LogP) is 2.95. The fraction of sp³-hybridized carbons (Fsp3) is 0.300. The van der Waals surface area contributed by atoms with Crippen LogP contribution in [-0.2, 0) is 14.3 Å². The van der Waals surface area contributed by atoms with Crippen molar-refractivity contribution in [2.45, 2.75) is 0 Å². The van der Waals surface area contributed by atoms with Crippen LogP contribution in [0.3, 0.4) is 0 Å². The average Bonchev–Trinajstić information content (AvgIpc) is 2.72. The second-order valence-corrected chi connectivity index (χ2v) is 5.84. The van der Waals surface area contributed by atoms with Gasteiger partial charge in [-0.3, -0.25) is 10.1 Å². The second-order valence-electron chi connectivity index (χ2n) is 5.84. The van der Waals surface area contributed by atoms with E-state index in [1.165, 1.54) is 21.3 Å². The SMILES string of the molecule is COCCOC(=O)Nc1cccc(NCC(=O)Nc2cc(OC)cc(OC)c2)c1. The van der Waals surface area contributed by atoms with Gasteiger partial charge in [0.05, 0.1) is 27.4 Å². The van der Waals surface area contributed by atoms with Crippen molar-refractivity contribution < 1.29 is 28.5 Å². The van der Waals surface area contributed by atoms with Crippen LogP contribution in [0.15, 0.2) is 42.5 Å². The highest BCUT2D eigenvalue weighted by Gasteiger charge is 2.07. The van der Waals surface area contributed by atoms with Crippen molar-refractivity contribution >= 4 is 29.1 Å². The first kappa shape index (κ1) is 21.8. The summed E-state index contributed by atoms with van der Waals surface area (Å²) < 4.78 is 20.1. The third kappa shape index (κ3) is 7.59. The minimum atomic E-state index is -0.580. The van der Waals surface area contributed by atoms with Crippen LogP contribution in [0.25, 0.3) is 0 Å². The summed E-state index contributed by atoms with van der Waals surface area (Å²) in [5, 5.41) is 8.38. The van der Waals surface area contributed by atoms with Crippen molar-refractivity contribution in [2.24, 2.45) is 0 Å². The number of amides is 2. The molecule has 9 nitrogen and oxygen atoms in total. The molecule has 0 aromatic heterocycles. The molecule has 0 radical (unpaired) electrons. The molecular weight excluding hydrogens is 378 g/mol. The maximum Gasteiger partial charge on any atom is 0.411 e. The summed E-state index contributed by atoms with van der Waals surface area (Å²) in [5.74, 6) is 0.894. The predicted molar refractivity (Wildman–Crippen MR) is 110 cm³/mol. The lowest BCUT2D eigenvalue weighted by atomic mass is 10.2.